The van der Waals surface area contributed by atoms with Gasteiger partial charge in [-0.05, 0) is 49.7 Å². The normalized spacial score (nSPS) is 22.9. The molecule has 1 amide bonds. The summed E-state index contributed by atoms with van der Waals surface area (Å²) in [5.74, 6) is -0.00520. The number of anilines is 2. The van der Waals surface area contributed by atoms with Gasteiger partial charge in [0.05, 0.1) is 23.4 Å². The Morgan fingerprint density at radius 1 is 1.05 bits per heavy atom. The van der Waals surface area contributed by atoms with E-state index in [-0.39, 0.29) is 18.2 Å². The number of ether oxygens (including phenoxy) is 2. The van der Waals surface area contributed by atoms with E-state index in [1.54, 1.807) is 14.2 Å². The molecule has 2 unspecified atom stereocenters. The van der Waals surface area contributed by atoms with Gasteiger partial charge in [-0.15, -0.1) is 11.3 Å². The lowest BCUT2D eigenvalue weighted by Crippen LogP contribution is -2.70. The van der Waals surface area contributed by atoms with Crippen LogP contribution in [0.5, 0.6) is 0 Å². The second kappa shape index (κ2) is 9.75. The SMILES string of the molecule is COC(CN1C2CC1CN(c1ccc(-c3ccc4c(ccc5sc6c(c54)NC[C@@H](C)NC6=O)n3)cc1)C2)OC. The summed E-state index contributed by atoms with van der Waals surface area (Å²) in [4.78, 5) is 23.5. The number of benzene rings is 2. The third-order valence-corrected chi connectivity index (χ3v) is 9.60. The highest BCUT2D eigenvalue weighted by atomic mass is 32.1. The quantitative estimate of drug-likeness (QED) is 0.346. The van der Waals surface area contributed by atoms with Crippen LogP contribution in [0.15, 0.2) is 48.5 Å². The summed E-state index contributed by atoms with van der Waals surface area (Å²) in [5.41, 5.74) is 5.17. The molecule has 2 bridgehead atoms. The van der Waals surface area contributed by atoms with Crippen molar-refractivity contribution in [3.63, 3.8) is 0 Å². The molecule has 0 aliphatic carbocycles. The van der Waals surface area contributed by atoms with Gasteiger partial charge in [0, 0.05) is 78.7 Å². The van der Waals surface area contributed by atoms with Crippen molar-refractivity contribution >= 4 is 49.6 Å². The molecule has 8 nitrogen and oxygen atoms in total. The average Bonchev–Trinajstić information content (AvgIpc) is 3.29. The topological polar surface area (TPSA) is 79.0 Å². The average molecular weight is 544 g/mol. The highest BCUT2D eigenvalue weighted by Gasteiger charge is 2.45. The summed E-state index contributed by atoms with van der Waals surface area (Å²) in [6, 6.07) is 18.4. The Bertz CT molecular complexity index is 1540. The van der Waals surface area contributed by atoms with Crippen molar-refractivity contribution in [2.45, 2.75) is 37.8 Å². The number of carbonyl (C=O) groups excluding carboxylic acids is 1. The maximum atomic E-state index is 12.7. The minimum Gasteiger partial charge on any atom is -0.381 e. The fourth-order valence-electron chi connectivity index (χ4n) is 6.34. The summed E-state index contributed by atoms with van der Waals surface area (Å²) in [6.45, 7) is 5.59. The summed E-state index contributed by atoms with van der Waals surface area (Å²) in [7, 11) is 3.41. The molecule has 0 saturated carbocycles. The maximum Gasteiger partial charge on any atom is 0.263 e. The van der Waals surface area contributed by atoms with E-state index in [0.29, 0.717) is 18.6 Å². The number of hydrogen-bond donors (Lipinski definition) is 2. The summed E-state index contributed by atoms with van der Waals surface area (Å²) < 4.78 is 11.9. The molecule has 202 valence electrons. The molecule has 4 aliphatic rings. The van der Waals surface area contributed by atoms with Gasteiger partial charge in [-0.3, -0.25) is 9.69 Å². The molecular formula is C30H33N5O3S. The van der Waals surface area contributed by atoms with Crippen LogP contribution >= 0.6 is 11.3 Å². The van der Waals surface area contributed by atoms with Crippen LogP contribution in [0.2, 0.25) is 0 Å². The number of rotatable bonds is 6. The first-order chi connectivity index (χ1) is 19.0. The van der Waals surface area contributed by atoms with E-state index in [9.17, 15) is 4.79 Å². The minimum atomic E-state index is -0.166. The van der Waals surface area contributed by atoms with E-state index in [1.807, 2.05) is 6.92 Å². The molecule has 2 aromatic carbocycles. The first kappa shape index (κ1) is 24.8. The number of methoxy groups -OCH3 is 2. The van der Waals surface area contributed by atoms with Gasteiger partial charge < -0.3 is 25.0 Å². The molecule has 0 spiro atoms. The first-order valence-corrected chi connectivity index (χ1v) is 14.4. The van der Waals surface area contributed by atoms with Crippen LogP contribution in [0, 0.1) is 0 Å². The standard InChI is InChI=1S/C30H33N5O3S/c1-17-13-31-28-27-22-8-9-23(33-24(22)10-11-25(27)39-29(28)30(36)32-17)18-4-6-19(7-5-18)34-14-20-12-21(15-34)35(20)16-26(37-2)38-3/h4-11,17,20-21,26,31H,12-16H2,1-3H3,(H,32,36)/t17-,20?,21?/m1/s1. The number of nitrogens with zero attached hydrogens (tertiary/aromatic N) is 3. The van der Waals surface area contributed by atoms with Gasteiger partial charge in [-0.25, -0.2) is 4.98 Å². The smallest absolute Gasteiger partial charge is 0.263 e. The predicted octanol–water partition coefficient (Wildman–Crippen LogP) is 4.54. The van der Waals surface area contributed by atoms with Crippen molar-refractivity contribution < 1.29 is 14.3 Å². The van der Waals surface area contributed by atoms with E-state index in [2.05, 4.69) is 69.0 Å². The van der Waals surface area contributed by atoms with E-state index in [4.69, 9.17) is 14.5 Å². The van der Waals surface area contributed by atoms with Crippen LogP contribution in [0.3, 0.4) is 0 Å². The zero-order valence-corrected chi connectivity index (χ0v) is 23.3. The van der Waals surface area contributed by atoms with E-state index in [1.165, 1.54) is 23.4 Å². The van der Waals surface area contributed by atoms with Gasteiger partial charge in [0.25, 0.3) is 5.91 Å². The van der Waals surface area contributed by atoms with Crippen LogP contribution < -0.4 is 15.5 Å². The number of pyridine rings is 1. The van der Waals surface area contributed by atoms with E-state index >= 15 is 0 Å². The fourth-order valence-corrected chi connectivity index (χ4v) is 7.44. The molecule has 8 rings (SSSR count). The number of thiophene rings is 1. The molecule has 39 heavy (non-hydrogen) atoms. The molecule has 3 atom stereocenters. The molecule has 2 N–H and O–H groups in total. The van der Waals surface area contributed by atoms with E-state index in [0.717, 1.165) is 62.4 Å². The number of piperidine rings is 1. The monoisotopic (exact) mass is 543 g/mol. The Morgan fingerprint density at radius 3 is 2.56 bits per heavy atom. The lowest BCUT2D eigenvalue weighted by atomic mass is 9.87. The highest BCUT2D eigenvalue weighted by molar-refractivity contribution is 7.21. The molecule has 4 aromatic rings. The van der Waals surface area contributed by atoms with Gasteiger partial charge in [-0.2, -0.15) is 0 Å². The highest BCUT2D eigenvalue weighted by Crippen LogP contribution is 2.41. The van der Waals surface area contributed by atoms with Gasteiger partial charge in [0.2, 0.25) is 0 Å². The molecule has 2 aromatic heterocycles. The van der Waals surface area contributed by atoms with Crippen molar-refractivity contribution in [3.8, 4) is 11.3 Å². The van der Waals surface area contributed by atoms with Crippen LogP contribution in [0.4, 0.5) is 11.4 Å². The zero-order valence-electron chi connectivity index (χ0n) is 22.4. The number of amides is 1. The number of carbonyl (C=O) groups is 1. The van der Waals surface area contributed by atoms with E-state index < -0.39 is 0 Å². The maximum absolute atomic E-state index is 12.7. The van der Waals surface area contributed by atoms with Crippen molar-refractivity contribution in [2.75, 3.05) is 50.6 Å². The third-order valence-electron chi connectivity index (χ3n) is 8.45. The van der Waals surface area contributed by atoms with Crippen LogP contribution in [-0.2, 0) is 9.47 Å². The zero-order chi connectivity index (χ0) is 26.7. The second-order valence-electron chi connectivity index (χ2n) is 10.9. The number of piperazine rings is 1. The van der Waals surface area contributed by atoms with Crippen molar-refractivity contribution in [1.29, 1.82) is 0 Å². The number of fused-ring (bicyclic) bond motifs is 7. The second-order valence-corrected chi connectivity index (χ2v) is 11.9. The molecule has 6 heterocycles. The Morgan fingerprint density at radius 2 is 1.82 bits per heavy atom. The fraction of sp³-hybridized carbons (Fsp3) is 0.400. The van der Waals surface area contributed by atoms with Crippen molar-refractivity contribution in [2.24, 2.45) is 0 Å². The van der Waals surface area contributed by atoms with Gasteiger partial charge in [0.15, 0.2) is 6.29 Å². The Kier molecular flexibility index (Phi) is 6.19. The molecule has 3 fully saturated rings. The minimum absolute atomic E-state index is 0.00520. The summed E-state index contributed by atoms with van der Waals surface area (Å²) >= 11 is 1.54. The summed E-state index contributed by atoms with van der Waals surface area (Å²) in [6.07, 6.45) is 1.08. The van der Waals surface area contributed by atoms with Gasteiger partial charge in [0.1, 0.15) is 4.88 Å². The third kappa shape index (κ3) is 4.24. The Labute approximate surface area is 231 Å². The lowest BCUT2D eigenvalue weighted by molar-refractivity contribution is -0.145. The van der Waals surface area contributed by atoms with Crippen LogP contribution in [-0.4, -0.2) is 80.6 Å². The molecule has 4 aliphatic heterocycles. The summed E-state index contributed by atoms with van der Waals surface area (Å²) in [5, 5.41) is 8.73. The largest absolute Gasteiger partial charge is 0.381 e. The van der Waals surface area contributed by atoms with Crippen LogP contribution in [0.25, 0.3) is 32.2 Å². The van der Waals surface area contributed by atoms with Gasteiger partial charge >= 0.3 is 0 Å². The number of hydrogen-bond acceptors (Lipinski definition) is 8. The number of nitrogens with one attached hydrogen (secondary N) is 2. The Balaban J connectivity index is 1.12. The molecule has 9 heteroatoms. The van der Waals surface area contributed by atoms with Gasteiger partial charge in [-0.1, -0.05) is 12.1 Å². The molecule has 0 radical (unpaired) electrons. The van der Waals surface area contributed by atoms with Crippen LogP contribution in [0.1, 0.15) is 23.0 Å². The molecule has 3 saturated heterocycles. The lowest BCUT2D eigenvalue weighted by Gasteiger charge is -2.57. The number of aromatic nitrogens is 1. The Hall–Kier alpha value is -3.24. The van der Waals surface area contributed by atoms with Crippen molar-refractivity contribution in [1.82, 2.24) is 15.2 Å². The van der Waals surface area contributed by atoms with Crippen molar-refractivity contribution in [3.05, 3.63) is 53.4 Å². The molecular weight excluding hydrogens is 510 g/mol. The predicted molar refractivity (Wildman–Crippen MR) is 157 cm³/mol. The first-order valence-electron chi connectivity index (χ1n) is 13.6.